The first-order valence-electron chi connectivity index (χ1n) is 7.62. The number of ether oxygens (including phenoxy) is 1. The van der Waals surface area contributed by atoms with E-state index in [1.807, 2.05) is 12.1 Å². The summed E-state index contributed by atoms with van der Waals surface area (Å²) >= 11 is 1.66. The molecule has 1 aliphatic heterocycles. The maximum atomic E-state index is 12.1. The summed E-state index contributed by atoms with van der Waals surface area (Å²) in [4.78, 5) is 23.8. The number of esters is 1. The number of hydrogen-bond donors (Lipinski definition) is 2. The largest absolute Gasteiger partial charge is 0.463 e. The van der Waals surface area contributed by atoms with Gasteiger partial charge >= 0.3 is 12.0 Å². The highest BCUT2D eigenvalue weighted by molar-refractivity contribution is 7.98. The number of thioether (sulfide) groups is 1. The number of carbonyl (C=O) groups is 2. The number of aryl methyl sites for hydroxylation is 1. The molecule has 124 valence electrons. The van der Waals surface area contributed by atoms with E-state index in [-0.39, 0.29) is 18.0 Å². The molecule has 1 heterocycles. The molecule has 1 aliphatic rings. The normalized spacial score (nSPS) is 17.5. The number of carbonyl (C=O) groups excluding carboxylic acids is 2. The fourth-order valence-corrected chi connectivity index (χ4v) is 3.51. The highest BCUT2D eigenvalue weighted by atomic mass is 32.2. The summed E-state index contributed by atoms with van der Waals surface area (Å²) in [5.41, 5.74) is 3.63. The summed E-state index contributed by atoms with van der Waals surface area (Å²) in [7, 11) is 0. The SMILES string of the molecule is CCOC(=O)C1=C(CSCc2ccccc2C)NC(=O)N[C@@H]1C. The second kappa shape index (κ2) is 8.06. The Bertz CT molecular complexity index is 628. The maximum Gasteiger partial charge on any atom is 0.337 e. The summed E-state index contributed by atoms with van der Waals surface area (Å²) < 4.78 is 5.10. The van der Waals surface area contributed by atoms with Crippen LogP contribution in [0.4, 0.5) is 4.79 Å². The smallest absolute Gasteiger partial charge is 0.337 e. The predicted octanol–water partition coefficient (Wildman–Crippen LogP) is 2.75. The standard InChI is InChI=1S/C17H22N2O3S/c1-4-22-16(20)15-12(3)18-17(21)19-14(15)10-23-9-13-8-6-5-7-11(13)2/h5-8,12H,4,9-10H2,1-3H3,(H2,18,19,21)/t12-/m1/s1. The summed E-state index contributed by atoms with van der Waals surface area (Å²) in [6, 6.07) is 7.56. The van der Waals surface area contributed by atoms with Crippen molar-refractivity contribution in [3.05, 3.63) is 46.7 Å². The van der Waals surface area contributed by atoms with Gasteiger partial charge in [-0.15, -0.1) is 0 Å². The molecule has 0 saturated heterocycles. The van der Waals surface area contributed by atoms with Crippen LogP contribution in [0.5, 0.6) is 0 Å². The molecule has 1 aromatic rings. The van der Waals surface area contributed by atoms with Gasteiger partial charge in [-0.25, -0.2) is 9.59 Å². The molecule has 23 heavy (non-hydrogen) atoms. The lowest BCUT2D eigenvalue weighted by Crippen LogP contribution is -2.49. The molecule has 0 bridgehead atoms. The van der Waals surface area contributed by atoms with E-state index in [9.17, 15) is 9.59 Å². The van der Waals surface area contributed by atoms with E-state index < -0.39 is 0 Å². The number of benzene rings is 1. The van der Waals surface area contributed by atoms with Crippen LogP contribution in [0.15, 0.2) is 35.5 Å². The molecule has 0 aromatic heterocycles. The van der Waals surface area contributed by atoms with Crippen molar-refractivity contribution in [1.29, 1.82) is 0 Å². The third-order valence-corrected chi connectivity index (χ3v) is 4.64. The Hall–Kier alpha value is -1.95. The van der Waals surface area contributed by atoms with Gasteiger partial charge < -0.3 is 15.4 Å². The van der Waals surface area contributed by atoms with Crippen LogP contribution in [0.3, 0.4) is 0 Å². The lowest BCUT2D eigenvalue weighted by molar-refractivity contribution is -0.138. The summed E-state index contributed by atoms with van der Waals surface area (Å²) in [6.07, 6.45) is 0. The van der Waals surface area contributed by atoms with Gasteiger partial charge in [-0.1, -0.05) is 24.3 Å². The van der Waals surface area contributed by atoms with Crippen LogP contribution in [0, 0.1) is 6.92 Å². The average Bonchev–Trinajstić information content (AvgIpc) is 2.48. The zero-order valence-electron chi connectivity index (χ0n) is 13.6. The predicted molar refractivity (Wildman–Crippen MR) is 92.1 cm³/mol. The first-order chi connectivity index (χ1) is 11.0. The van der Waals surface area contributed by atoms with Crippen molar-refractivity contribution in [2.45, 2.75) is 32.6 Å². The lowest BCUT2D eigenvalue weighted by atomic mass is 10.1. The topological polar surface area (TPSA) is 67.4 Å². The van der Waals surface area contributed by atoms with Gasteiger partial charge in [-0.05, 0) is 31.9 Å². The highest BCUT2D eigenvalue weighted by Gasteiger charge is 2.29. The second-order valence-corrected chi connectivity index (χ2v) is 6.34. The molecule has 0 saturated carbocycles. The van der Waals surface area contributed by atoms with E-state index in [4.69, 9.17) is 4.74 Å². The van der Waals surface area contributed by atoms with Crippen molar-refractivity contribution >= 4 is 23.8 Å². The molecule has 6 heteroatoms. The fourth-order valence-electron chi connectivity index (χ4n) is 2.43. The lowest BCUT2D eigenvalue weighted by Gasteiger charge is -2.26. The van der Waals surface area contributed by atoms with Crippen LogP contribution >= 0.6 is 11.8 Å². The Morgan fingerprint density at radius 2 is 2.04 bits per heavy atom. The number of urea groups is 1. The summed E-state index contributed by atoms with van der Waals surface area (Å²) in [6.45, 7) is 5.95. The molecule has 0 radical (unpaired) electrons. The van der Waals surface area contributed by atoms with Crippen molar-refractivity contribution < 1.29 is 14.3 Å². The monoisotopic (exact) mass is 334 g/mol. The Morgan fingerprint density at radius 1 is 1.30 bits per heavy atom. The minimum absolute atomic E-state index is 0.281. The van der Waals surface area contributed by atoms with Gasteiger partial charge in [0.2, 0.25) is 0 Å². The first-order valence-corrected chi connectivity index (χ1v) is 8.78. The molecule has 0 aliphatic carbocycles. The van der Waals surface area contributed by atoms with Crippen molar-refractivity contribution in [2.24, 2.45) is 0 Å². The molecule has 0 unspecified atom stereocenters. The van der Waals surface area contributed by atoms with Crippen molar-refractivity contribution in [2.75, 3.05) is 12.4 Å². The van der Waals surface area contributed by atoms with Crippen molar-refractivity contribution in [3.8, 4) is 0 Å². The van der Waals surface area contributed by atoms with Crippen LogP contribution in [0.1, 0.15) is 25.0 Å². The summed E-state index contributed by atoms with van der Waals surface area (Å²) in [5.74, 6) is 1.00. The average molecular weight is 334 g/mol. The zero-order valence-corrected chi connectivity index (χ0v) is 14.5. The number of amides is 2. The Balaban J connectivity index is 2.09. The van der Waals surface area contributed by atoms with Gasteiger partial charge in [0, 0.05) is 17.2 Å². The Labute approximate surface area is 140 Å². The van der Waals surface area contributed by atoms with Gasteiger partial charge in [0.05, 0.1) is 18.2 Å². The molecule has 1 atom stereocenters. The van der Waals surface area contributed by atoms with Gasteiger partial charge in [-0.2, -0.15) is 11.8 Å². The van der Waals surface area contributed by atoms with E-state index in [0.29, 0.717) is 23.6 Å². The molecular weight excluding hydrogens is 312 g/mol. The quantitative estimate of drug-likeness (QED) is 0.785. The maximum absolute atomic E-state index is 12.1. The van der Waals surface area contributed by atoms with Crippen LogP contribution in [-0.4, -0.2) is 30.4 Å². The fraction of sp³-hybridized carbons (Fsp3) is 0.412. The number of rotatable bonds is 6. The third kappa shape index (κ3) is 4.51. The minimum atomic E-state index is -0.376. The van der Waals surface area contributed by atoms with Crippen LogP contribution in [0.2, 0.25) is 0 Å². The second-order valence-electron chi connectivity index (χ2n) is 5.35. The molecule has 2 rings (SSSR count). The van der Waals surface area contributed by atoms with Crippen LogP contribution in [-0.2, 0) is 15.3 Å². The van der Waals surface area contributed by atoms with Crippen LogP contribution < -0.4 is 10.6 Å². The zero-order chi connectivity index (χ0) is 16.8. The molecule has 0 spiro atoms. The van der Waals surface area contributed by atoms with E-state index in [1.165, 1.54) is 11.1 Å². The van der Waals surface area contributed by atoms with E-state index in [1.54, 1.807) is 25.6 Å². The molecule has 2 amide bonds. The molecule has 5 nitrogen and oxygen atoms in total. The van der Waals surface area contributed by atoms with Crippen molar-refractivity contribution in [3.63, 3.8) is 0 Å². The molecular formula is C17H22N2O3S. The van der Waals surface area contributed by atoms with E-state index in [0.717, 1.165) is 5.75 Å². The number of hydrogen-bond acceptors (Lipinski definition) is 4. The Kier molecular flexibility index (Phi) is 6.10. The van der Waals surface area contributed by atoms with Gasteiger partial charge in [0.1, 0.15) is 0 Å². The minimum Gasteiger partial charge on any atom is -0.463 e. The molecule has 0 fully saturated rings. The van der Waals surface area contributed by atoms with Gasteiger partial charge in [0.15, 0.2) is 0 Å². The van der Waals surface area contributed by atoms with E-state index >= 15 is 0 Å². The third-order valence-electron chi connectivity index (χ3n) is 3.63. The van der Waals surface area contributed by atoms with E-state index in [2.05, 4.69) is 29.7 Å². The molecule has 2 N–H and O–H groups in total. The van der Waals surface area contributed by atoms with Gasteiger partial charge in [0.25, 0.3) is 0 Å². The van der Waals surface area contributed by atoms with Crippen LogP contribution in [0.25, 0.3) is 0 Å². The first kappa shape index (κ1) is 17.4. The molecule has 1 aromatic carbocycles. The van der Waals surface area contributed by atoms with Gasteiger partial charge in [-0.3, -0.25) is 0 Å². The summed E-state index contributed by atoms with van der Waals surface area (Å²) in [5, 5.41) is 5.44. The Morgan fingerprint density at radius 3 is 2.74 bits per heavy atom. The number of nitrogens with one attached hydrogen (secondary N) is 2. The van der Waals surface area contributed by atoms with Crippen molar-refractivity contribution in [1.82, 2.24) is 10.6 Å². The highest BCUT2D eigenvalue weighted by Crippen LogP contribution is 2.22.